The second-order valence-corrected chi connectivity index (χ2v) is 5.13. The van der Waals surface area contributed by atoms with Gasteiger partial charge in [0.05, 0.1) is 0 Å². The van der Waals surface area contributed by atoms with E-state index in [1.54, 1.807) is 0 Å². The fourth-order valence-electron chi connectivity index (χ4n) is 1.45. The van der Waals surface area contributed by atoms with Crippen LogP contribution in [0.4, 0.5) is 0 Å². The van der Waals surface area contributed by atoms with E-state index in [4.69, 9.17) is 0 Å². The summed E-state index contributed by atoms with van der Waals surface area (Å²) in [5, 5.41) is 2.21. The lowest BCUT2D eigenvalue weighted by atomic mass is 10.4. The Morgan fingerprint density at radius 1 is 0.733 bits per heavy atom. The summed E-state index contributed by atoms with van der Waals surface area (Å²) in [6.45, 7) is 0. The van der Waals surface area contributed by atoms with Crippen LogP contribution in [0.5, 0.6) is 0 Å². The van der Waals surface area contributed by atoms with Crippen LogP contribution in [0.15, 0.2) is 60.7 Å². The van der Waals surface area contributed by atoms with E-state index < -0.39 is 7.92 Å². The molecule has 1 nitrogen and oxygen atoms in total. The molecule has 0 saturated carbocycles. The van der Waals surface area contributed by atoms with Crippen molar-refractivity contribution in [3.05, 3.63) is 60.7 Å². The zero-order valence-electron chi connectivity index (χ0n) is 8.21. The summed E-state index contributed by atoms with van der Waals surface area (Å²) in [6.07, 6.45) is 0. The lowest BCUT2D eigenvalue weighted by Crippen LogP contribution is -2.11. The van der Waals surface area contributed by atoms with Crippen LogP contribution < -0.4 is 10.6 Å². The molecule has 0 N–H and O–H groups in total. The number of benzene rings is 2. The fourth-order valence-corrected chi connectivity index (χ4v) is 2.98. The molecule has 0 fully saturated rings. The van der Waals surface area contributed by atoms with Crippen LogP contribution in [0.2, 0.25) is 0 Å². The molecule has 0 heterocycles. The molecule has 0 saturated heterocycles. The molecule has 2 heteroatoms. The summed E-state index contributed by atoms with van der Waals surface area (Å²) in [4.78, 5) is 11.1. The third kappa shape index (κ3) is 2.31. The van der Waals surface area contributed by atoms with E-state index >= 15 is 0 Å². The Labute approximate surface area is 90.5 Å². The minimum atomic E-state index is -0.829. The molecule has 2 aromatic carbocycles. The van der Waals surface area contributed by atoms with Crippen LogP contribution in [0.1, 0.15) is 0 Å². The number of rotatable bonds is 3. The molecule has 0 spiro atoms. The number of hydrogen-bond acceptors (Lipinski definition) is 1. The van der Waals surface area contributed by atoms with Crippen molar-refractivity contribution in [1.29, 1.82) is 0 Å². The maximum Gasteiger partial charge on any atom is 0.150 e. The van der Waals surface area contributed by atoms with E-state index in [9.17, 15) is 4.79 Å². The van der Waals surface area contributed by atoms with Gasteiger partial charge in [0.2, 0.25) is 0 Å². The summed E-state index contributed by atoms with van der Waals surface area (Å²) in [5.74, 6) is 0. The van der Waals surface area contributed by atoms with Crippen molar-refractivity contribution >= 4 is 24.6 Å². The summed E-state index contributed by atoms with van der Waals surface area (Å²) < 4.78 is 0. The highest BCUT2D eigenvalue weighted by molar-refractivity contribution is 7.85. The molecular weight excluding hydrogens is 203 g/mol. The second kappa shape index (κ2) is 4.86. The van der Waals surface area contributed by atoms with Crippen LogP contribution >= 0.6 is 7.92 Å². The molecular formula is C13H11OP. The van der Waals surface area contributed by atoms with Crippen molar-refractivity contribution < 1.29 is 4.79 Å². The Morgan fingerprint density at radius 2 is 1.13 bits per heavy atom. The van der Waals surface area contributed by atoms with Crippen molar-refractivity contribution in [2.24, 2.45) is 0 Å². The van der Waals surface area contributed by atoms with Crippen molar-refractivity contribution in [2.75, 3.05) is 0 Å². The van der Waals surface area contributed by atoms with Crippen LogP contribution in [-0.2, 0) is 4.79 Å². The van der Waals surface area contributed by atoms with Crippen molar-refractivity contribution in [3.63, 3.8) is 0 Å². The molecule has 2 rings (SSSR count). The van der Waals surface area contributed by atoms with E-state index in [0.29, 0.717) is 0 Å². The van der Waals surface area contributed by atoms with E-state index in [1.807, 2.05) is 60.7 Å². The van der Waals surface area contributed by atoms with Gasteiger partial charge in [-0.05, 0) is 10.6 Å². The van der Waals surface area contributed by atoms with Gasteiger partial charge < -0.3 is 0 Å². The monoisotopic (exact) mass is 214 g/mol. The quantitative estimate of drug-likeness (QED) is 0.566. The SMILES string of the molecule is O=CP(c1ccccc1)c1ccccc1. The summed E-state index contributed by atoms with van der Waals surface area (Å²) in [6, 6.07) is 20.9. The molecule has 74 valence electrons. The minimum absolute atomic E-state index is 0.829. The smallest absolute Gasteiger partial charge is 0.150 e. The predicted molar refractivity (Wildman–Crippen MR) is 65.8 cm³/mol. The highest BCUT2D eigenvalue weighted by atomic mass is 31.1. The lowest BCUT2D eigenvalue weighted by molar-refractivity contribution is 0.569. The number of hydrogen-bond donors (Lipinski definition) is 0. The molecule has 0 amide bonds. The average Bonchev–Trinajstić information content (AvgIpc) is 2.33. The van der Waals surface area contributed by atoms with Gasteiger partial charge in [0, 0.05) is 7.92 Å². The largest absolute Gasteiger partial charge is 0.298 e. The average molecular weight is 214 g/mol. The van der Waals surface area contributed by atoms with Gasteiger partial charge in [-0.3, -0.25) is 4.79 Å². The van der Waals surface area contributed by atoms with Gasteiger partial charge >= 0.3 is 0 Å². The van der Waals surface area contributed by atoms with Crippen LogP contribution in [0, 0.1) is 0 Å². The van der Waals surface area contributed by atoms with Crippen LogP contribution in [-0.4, -0.2) is 6.03 Å². The summed E-state index contributed by atoms with van der Waals surface area (Å²) in [5.41, 5.74) is 0. The van der Waals surface area contributed by atoms with E-state index in [0.717, 1.165) is 16.6 Å². The molecule has 0 aromatic heterocycles. The Morgan fingerprint density at radius 3 is 1.47 bits per heavy atom. The molecule has 15 heavy (non-hydrogen) atoms. The van der Waals surface area contributed by atoms with Crippen molar-refractivity contribution in [2.45, 2.75) is 0 Å². The molecule has 0 bridgehead atoms. The molecule has 0 atom stereocenters. The zero-order chi connectivity index (χ0) is 10.5. The third-order valence-corrected chi connectivity index (χ3v) is 4.09. The maximum absolute atomic E-state index is 11.1. The van der Waals surface area contributed by atoms with Crippen molar-refractivity contribution in [1.82, 2.24) is 0 Å². The van der Waals surface area contributed by atoms with Crippen LogP contribution in [0.3, 0.4) is 0 Å². The van der Waals surface area contributed by atoms with Gasteiger partial charge in [0.1, 0.15) is 0 Å². The second-order valence-electron chi connectivity index (χ2n) is 3.15. The first-order valence-electron chi connectivity index (χ1n) is 4.76. The highest BCUT2D eigenvalue weighted by Crippen LogP contribution is 2.28. The molecule has 0 aliphatic carbocycles. The normalized spacial score (nSPS) is 10.2. The lowest BCUT2D eigenvalue weighted by Gasteiger charge is -2.10. The van der Waals surface area contributed by atoms with Gasteiger partial charge in [0.25, 0.3) is 0 Å². The topological polar surface area (TPSA) is 17.1 Å². The summed E-state index contributed by atoms with van der Waals surface area (Å²) in [7, 11) is -0.829. The number of carbonyl (C=O) groups excluding carboxylic acids is 1. The predicted octanol–water partition coefficient (Wildman–Crippen LogP) is 2.31. The molecule has 0 aliphatic rings. The fraction of sp³-hybridized carbons (Fsp3) is 0. The van der Waals surface area contributed by atoms with Crippen LogP contribution in [0.25, 0.3) is 0 Å². The minimum Gasteiger partial charge on any atom is -0.298 e. The Hall–Kier alpha value is -1.46. The van der Waals surface area contributed by atoms with Gasteiger partial charge in [-0.15, -0.1) is 0 Å². The van der Waals surface area contributed by atoms with Gasteiger partial charge in [-0.1, -0.05) is 60.7 Å². The van der Waals surface area contributed by atoms with Gasteiger partial charge in [0.15, 0.2) is 6.03 Å². The Balaban J connectivity index is 2.38. The maximum atomic E-state index is 11.1. The first-order chi connectivity index (χ1) is 7.42. The first-order valence-corrected chi connectivity index (χ1v) is 6.17. The van der Waals surface area contributed by atoms with Gasteiger partial charge in [-0.2, -0.15) is 0 Å². The highest BCUT2D eigenvalue weighted by Gasteiger charge is 2.10. The molecule has 0 aliphatic heterocycles. The third-order valence-electron chi connectivity index (χ3n) is 2.17. The molecule has 0 unspecified atom stereocenters. The Kier molecular flexibility index (Phi) is 3.26. The zero-order valence-corrected chi connectivity index (χ0v) is 9.10. The van der Waals surface area contributed by atoms with Gasteiger partial charge in [-0.25, -0.2) is 0 Å². The van der Waals surface area contributed by atoms with E-state index in [-0.39, 0.29) is 0 Å². The molecule has 2 aromatic rings. The van der Waals surface area contributed by atoms with E-state index in [1.165, 1.54) is 0 Å². The summed E-state index contributed by atoms with van der Waals surface area (Å²) >= 11 is 0. The molecule has 0 radical (unpaired) electrons. The van der Waals surface area contributed by atoms with E-state index in [2.05, 4.69) is 0 Å². The standard InChI is InChI=1S/C13H11OP/c14-11-15(12-7-3-1-4-8-12)13-9-5-2-6-10-13/h1-11H. The van der Waals surface area contributed by atoms with Crippen molar-refractivity contribution in [3.8, 4) is 0 Å². The first kappa shape index (κ1) is 10.1. The Bertz CT molecular complexity index is 385. The number of carbonyl (C=O) groups is 1.